The molecule has 1 aromatic heterocycles. The lowest BCUT2D eigenvalue weighted by Crippen LogP contribution is -2.46. The minimum absolute atomic E-state index is 0.120. The van der Waals surface area contributed by atoms with Gasteiger partial charge in [-0.05, 0) is 25.5 Å². The van der Waals surface area contributed by atoms with E-state index in [0.29, 0.717) is 11.1 Å². The van der Waals surface area contributed by atoms with Crippen LogP contribution in [0.25, 0.3) is 11.3 Å². The van der Waals surface area contributed by atoms with Crippen LogP contribution < -0.4 is 4.90 Å². The number of aliphatic carboxylic acids is 1. The van der Waals surface area contributed by atoms with Gasteiger partial charge in [-0.3, -0.25) is 9.69 Å². The Hall–Kier alpha value is -1.63. The van der Waals surface area contributed by atoms with E-state index in [2.05, 4.69) is 9.80 Å². The van der Waals surface area contributed by atoms with Crippen molar-refractivity contribution in [3.8, 4) is 11.3 Å². The van der Waals surface area contributed by atoms with Crippen molar-refractivity contribution in [2.75, 3.05) is 31.1 Å². The van der Waals surface area contributed by atoms with E-state index in [-0.39, 0.29) is 6.54 Å². The van der Waals surface area contributed by atoms with E-state index in [1.54, 1.807) is 11.3 Å². The van der Waals surface area contributed by atoms with Crippen LogP contribution in [0, 0.1) is 0 Å². The number of benzene rings is 1. The lowest BCUT2D eigenvalue weighted by atomic mass is 10.0. The van der Waals surface area contributed by atoms with Gasteiger partial charge in [0, 0.05) is 35.1 Å². The molecule has 1 fully saturated rings. The summed E-state index contributed by atoms with van der Waals surface area (Å²) < 4.78 is 0. The third-order valence-electron chi connectivity index (χ3n) is 4.64. The first-order valence-corrected chi connectivity index (χ1v) is 9.75. The molecule has 1 saturated heterocycles. The number of hydrogen-bond acceptors (Lipinski definition) is 5. The van der Waals surface area contributed by atoms with Crippen LogP contribution >= 0.6 is 22.9 Å². The smallest absolute Gasteiger partial charge is 0.317 e. The summed E-state index contributed by atoms with van der Waals surface area (Å²) in [5.41, 5.74) is 1.87. The van der Waals surface area contributed by atoms with Crippen molar-refractivity contribution in [1.82, 2.24) is 9.88 Å². The zero-order valence-corrected chi connectivity index (χ0v) is 15.8. The van der Waals surface area contributed by atoms with Gasteiger partial charge in [-0.15, -0.1) is 11.3 Å². The van der Waals surface area contributed by atoms with Crippen LogP contribution in [-0.2, 0) is 4.79 Å². The standard InChI is InChI=1S/C18H22ClN3O2S/c1-2-21(11-17(23)24)13-7-9-22(10-8-13)18-20-16(12-25-18)14-5-3-4-6-15(14)19/h3-6,12-13H,2,7-11H2,1H3,(H,23,24). The van der Waals surface area contributed by atoms with Gasteiger partial charge in [-0.2, -0.15) is 0 Å². The molecule has 0 bridgehead atoms. The Kier molecular flexibility index (Phi) is 5.93. The van der Waals surface area contributed by atoms with Crippen molar-refractivity contribution in [2.45, 2.75) is 25.8 Å². The van der Waals surface area contributed by atoms with Crippen LogP contribution in [0.5, 0.6) is 0 Å². The molecule has 1 aliphatic heterocycles. The van der Waals surface area contributed by atoms with Crippen LogP contribution in [0.15, 0.2) is 29.6 Å². The number of nitrogens with zero attached hydrogens (tertiary/aromatic N) is 3. The van der Waals surface area contributed by atoms with Crippen LogP contribution in [0.4, 0.5) is 5.13 Å². The summed E-state index contributed by atoms with van der Waals surface area (Å²) in [7, 11) is 0. The van der Waals surface area contributed by atoms with E-state index in [1.165, 1.54) is 0 Å². The number of carbonyl (C=O) groups is 1. The average molecular weight is 380 g/mol. The zero-order valence-electron chi connectivity index (χ0n) is 14.2. The summed E-state index contributed by atoms with van der Waals surface area (Å²) in [5, 5.41) is 12.8. The van der Waals surface area contributed by atoms with E-state index in [1.807, 2.05) is 36.6 Å². The third-order valence-corrected chi connectivity index (χ3v) is 5.87. The number of anilines is 1. The van der Waals surface area contributed by atoms with Crippen LogP contribution in [0.2, 0.25) is 5.02 Å². The Balaban J connectivity index is 1.64. The summed E-state index contributed by atoms with van der Waals surface area (Å²) >= 11 is 7.90. The predicted octanol–water partition coefficient (Wildman–Crippen LogP) is 3.84. The van der Waals surface area contributed by atoms with E-state index in [0.717, 1.165) is 48.9 Å². The van der Waals surface area contributed by atoms with E-state index in [9.17, 15) is 4.79 Å². The number of aromatic nitrogens is 1. The first kappa shape index (κ1) is 18.2. The molecule has 0 unspecified atom stereocenters. The quantitative estimate of drug-likeness (QED) is 0.826. The van der Waals surface area contributed by atoms with Gasteiger partial charge >= 0.3 is 5.97 Å². The number of piperidine rings is 1. The van der Waals surface area contributed by atoms with Crippen LogP contribution in [0.3, 0.4) is 0 Å². The molecule has 0 spiro atoms. The third kappa shape index (κ3) is 4.32. The molecule has 2 heterocycles. The van der Waals surface area contributed by atoms with Crippen LogP contribution in [0.1, 0.15) is 19.8 Å². The van der Waals surface area contributed by atoms with E-state index >= 15 is 0 Å². The van der Waals surface area contributed by atoms with Crippen molar-refractivity contribution < 1.29 is 9.90 Å². The summed E-state index contributed by atoms with van der Waals surface area (Å²) in [4.78, 5) is 20.1. The second kappa shape index (κ2) is 8.17. The maximum atomic E-state index is 11.0. The first-order valence-electron chi connectivity index (χ1n) is 8.49. The maximum Gasteiger partial charge on any atom is 0.317 e. The van der Waals surface area contributed by atoms with Gasteiger partial charge in [0.25, 0.3) is 0 Å². The maximum absolute atomic E-state index is 11.0. The summed E-state index contributed by atoms with van der Waals surface area (Å²) in [6.07, 6.45) is 1.92. The molecule has 2 aromatic rings. The number of hydrogen-bond donors (Lipinski definition) is 1. The van der Waals surface area contributed by atoms with Crippen molar-refractivity contribution in [2.24, 2.45) is 0 Å². The van der Waals surface area contributed by atoms with E-state index in [4.69, 9.17) is 21.7 Å². The summed E-state index contributed by atoms with van der Waals surface area (Å²) in [5.74, 6) is -0.756. The Bertz CT molecular complexity index is 729. The monoisotopic (exact) mass is 379 g/mol. The highest BCUT2D eigenvalue weighted by molar-refractivity contribution is 7.14. The van der Waals surface area contributed by atoms with Gasteiger partial charge in [0.1, 0.15) is 0 Å². The second-order valence-corrected chi connectivity index (χ2v) is 7.41. The Morgan fingerprint density at radius 2 is 2.12 bits per heavy atom. The molecule has 3 rings (SSSR count). The highest BCUT2D eigenvalue weighted by Gasteiger charge is 2.26. The van der Waals surface area contributed by atoms with Crippen molar-refractivity contribution in [1.29, 1.82) is 0 Å². The fourth-order valence-corrected chi connectivity index (χ4v) is 4.41. The fraction of sp³-hybridized carbons (Fsp3) is 0.444. The molecule has 7 heteroatoms. The van der Waals surface area contributed by atoms with Gasteiger partial charge < -0.3 is 10.0 Å². The lowest BCUT2D eigenvalue weighted by Gasteiger charge is -2.37. The zero-order chi connectivity index (χ0) is 17.8. The Labute approximate surface area is 156 Å². The molecule has 0 aliphatic carbocycles. The Morgan fingerprint density at radius 1 is 1.40 bits per heavy atom. The second-order valence-electron chi connectivity index (χ2n) is 6.17. The summed E-state index contributed by atoms with van der Waals surface area (Å²) in [6, 6.07) is 8.08. The van der Waals surface area contributed by atoms with Gasteiger partial charge in [0.2, 0.25) is 0 Å². The molecular weight excluding hydrogens is 358 g/mol. The molecule has 1 aromatic carbocycles. The molecule has 5 nitrogen and oxygen atoms in total. The van der Waals surface area contributed by atoms with Crippen molar-refractivity contribution in [3.63, 3.8) is 0 Å². The molecule has 134 valence electrons. The molecule has 0 amide bonds. The SMILES string of the molecule is CCN(CC(=O)O)C1CCN(c2nc(-c3ccccc3Cl)cs2)CC1. The largest absolute Gasteiger partial charge is 0.480 e. The predicted molar refractivity (Wildman–Crippen MR) is 103 cm³/mol. The van der Waals surface area contributed by atoms with Crippen molar-refractivity contribution in [3.05, 3.63) is 34.7 Å². The molecule has 0 radical (unpaired) electrons. The highest BCUT2D eigenvalue weighted by Crippen LogP contribution is 2.33. The topological polar surface area (TPSA) is 56.7 Å². The number of halogens is 1. The molecule has 0 saturated carbocycles. The van der Waals surface area contributed by atoms with Gasteiger partial charge in [-0.25, -0.2) is 4.98 Å². The number of carboxylic acid groups (broad SMARTS) is 1. The first-order chi connectivity index (χ1) is 12.1. The van der Waals surface area contributed by atoms with Gasteiger partial charge in [-0.1, -0.05) is 36.7 Å². The molecular formula is C18H22ClN3O2S. The summed E-state index contributed by atoms with van der Waals surface area (Å²) in [6.45, 7) is 4.71. The van der Waals surface area contributed by atoms with Gasteiger partial charge in [0.15, 0.2) is 5.13 Å². The number of rotatable bonds is 6. The van der Waals surface area contributed by atoms with Gasteiger partial charge in [0.05, 0.1) is 12.2 Å². The molecule has 1 aliphatic rings. The minimum atomic E-state index is -0.756. The minimum Gasteiger partial charge on any atom is -0.480 e. The molecule has 25 heavy (non-hydrogen) atoms. The number of carboxylic acids is 1. The lowest BCUT2D eigenvalue weighted by molar-refractivity contribution is -0.139. The highest BCUT2D eigenvalue weighted by atomic mass is 35.5. The van der Waals surface area contributed by atoms with Crippen molar-refractivity contribution >= 4 is 34.0 Å². The van der Waals surface area contributed by atoms with Crippen LogP contribution in [-0.4, -0.2) is 53.2 Å². The Morgan fingerprint density at radius 3 is 2.76 bits per heavy atom. The normalized spacial score (nSPS) is 15.7. The average Bonchev–Trinajstić information content (AvgIpc) is 3.10. The molecule has 0 atom stereocenters. The molecule has 1 N–H and O–H groups in total. The van der Waals surface area contributed by atoms with E-state index < -0.39 is 5.97 Å². The number of likely N-dealkylation sites (N-methyl/N-ethyl adjacent to an activating group) is 1. The fourth-order valence-electron chi connectivity index (χ4n) is 3.30. The number of thiazole rings is 1.